The van der Waals surface area contributed by atoms with Crippen molar-refractivity contribution in [2.24, 2.45) is 0 Å². The standard InChI is InChI=1S/C22H22FN5O2/c1-22(9-10-22)25-20(29)14-26-11-12-27(21(26)30)17-7-4-8-18-15(17)13-24-28(18)19-6-3-2-5-16(19)23/h2-8,13H,9-12,14H2,1H3,(H,25,29). The van der Waals surface area contributed by atoms with E-state index in [1.165, 1.54) is 10.7 Å². The molecular weight excluding hydrogens is 385 g/mol. The fraction of sp³-hybridized carbons (Fsp3) is 0.318. The number of halogens is 1. The Labute approximate surface area is 173 Å². The summed E-state index contributed by atoms with van der Waals surface area (Å²) in [5.41, 5.74) is 1.66. The van der Waals surface area contributed by atoms with Gasteiger partial charge in [0.25, 0.3) is 0 Å². The maximum absolute atomic E-state index is 14.3. The third-order valence-electron chi connectivity index (χ3n) is 5.83. The van der Waals surface area contributed by atoms with Crippen LogP contribution in [0.2, 0.25) is 0 Å². The van der Waals surface area contributed by atoms with Crippen LogP contribution >= 0.6 is 0 Å². The van der Waals surface area contributed by atoms with Gasteiger partial charge in [0.1, 0.15) is 18.0 Å². The summed E-state index contributed by atoms with van der Waals surface area (Å²) in [7, 11) is 0. The van der Waals surface area contributed by atoms with Crippen molar-refractivity contribution in [1.29, 1.82) is 0 Å². The molecule has 1 aromatic heterocycles. The summed E-state index contributed by atoms with van der Waals surface area (Å²) in [5.74, 6) is -0.498. The van der Waals surface area contributed by atoms with Gasteiger partial charge in [-0.25, -0.2) is 13.9 Å². The third kappa shape index (κ3) is 3.18. The van der Waals surface area contributed by atoms with E-state index in [4.69, 9.17) is 0 Å². The first-order valence-electron chi connectivity index (χ1n) is 10.0. The normalized spacial score (nSPS) is 17.6. The van der Waals surface area contributed by atoms with Crippen molar-refractivity contribution in [3.05, 3.63) is 54.5 Å². The Kier molecular flexibility index (Phi) is 4.23. The molecule has 0 bridgehead atoms. The average molecular weight is 407 g/mol. The van der Waals surface area contributed by atoms with E-state index in [1.807, 2.05) is 25.1 Å². The zero-order valence-electron chi connectivity index (χ0n) is 16.6. The van der Waals surface area contributed by atoms with Crippen LogP contribution in [0.1, 0.15) is 19.8 Å². The van der Waals surface area contributed by atoms with Gasteiger partial charge in [-0.2, -0.15) is 5.10 Å². The van der Waals surface area contributed by atoms with Gasteiger partial charge >= 0.3 is 6.03 Å². The smallest absolute Gasteiger partial charge is 0.325 e. The van der Waals surface area contributed by atoms with Gasteiger partial charge in [-0.15, -0.1) is 0 Å². The summed E-state index contributed by atoms with van der Waals surface area (Å²) < 4.78 is 15.8. The van der Waals surface area contributed by atoms with Gasteiger partial charge in [0.15, 0.2) is 0 Å². The van der Waals surface area contributed by atoms with Gasteiger partial charge in [0, 0.05) is 24.0 Å². The van der Waals surface area contributed by atoms with Crippen LogP contribution < -0.4 is 10.2 Å². The lowest BCUT2D eigenvalue weighted by Crippen LogP contribution is -2.43. The predicted octanol–water partition coefficient (Wildman–Crippen LogP) is 3.08. The highest BCUT2D eigenvalue weighted by Gasteiger charge is 2.40. The van der Waals surface area contributed by atoms with Gasteiger partial charge < -0.3 is 10.2 Å². The van der Waals surface area contributed by atoms with Crippen molar-refractivity contribution in [3.8, 4) is 5.69 Å². The summed E-state index contributed by atoms with van der Waals surface area (Å²) in [6.45, 7) is 3.01. The topological polar surface area (TPSA) is 70.5 Å². The molecule has 5 rings (SSSR count). The lowest BCUT2D eigenvalue weighted by molar-refractivity contribution is -0.122. The van der Waals surface area contributed by atoms with Crippen LogP contribution in [-0.2, 0) is 4.79 Å². The Morgan fingerprint density at radius 3 is 2.67 bits per heavy atom. The SMILES string of the molecule is CC1(NC(=O)CN2CCN(c3cccc4c3cnn4-c3ccccc3F)C2=O)CC1. The first-order valence-corrected chi connectivity index (χ1v) is 10.0. The zero-order valence-corrected chi connectivity index (χ0v) is 16.6. The second-order valence-electron chi connectivity index (χ2n) is 8.18. The summed E-state index contributed by atoms with van der Waals surface area (Å²) in [6, 6.07) is 11.8. The van der Waals surface area contributed by atoms with Gasteiger partial charge in [0.05, 0.1) is 17.4 Å². The molecule has 154 valence electrons. The molecule has 0 unspecified atom stereocenters. The van der Waals surface area contributed by atoms with E-state index < -0.39 is 0 Å². The number of nitrogens with zero attached hydrogens (tertiary/aromatic N) is 4. The molecule has 2 heterocycles. The average Bonchev–Trinajstić information content (AvgIpc) is 3.13. The summed E-state index contributed by atoms with van der Waals surface area (Å²) >= 11 is 0. The molecule has 0 radical (unpaired) electrons. The molecule has 1 aliphatic carbocycles. The molecule has 2 aromatic carbocycles. The summed E-state index contributed by atoms with van der Waals surface area (Å²) in [6.07, 6.45) is 3.60. The van der Waals surface area contributed by atoms with Gasteiger partial charge in [-0.1, -0.05) is 18.2 Å². The van der Waals surface area contributed by atoms with Crippen LogP contribution in [0.5, 0.6) is 0 Å². The van der Waals surface area contributed by atoms with Crippen LogP contribution in [0.15, 0.2) is 48.7 Å². The Balaban J connectivity index is 1.41. The Hall–Kier alpha value is -3.42. The number of hydrogen-bond acceptors (Lipinski definition) is 3. The van der Waals surface area contributed by atoms with Gasteiger partial charge in [-0.3, -0.25) is 9.69 Å². The molecule has 0 spiro atoms. The summed E-state index contributed by atoms with van der Waals surface area (Å²) in [4.78, 5) is 28.5. The third-order valence-corrected chi connectivity index (χ3v) is 5.83. The monoisotopic (exact) mass is 407 g/mol. The van der Waals surface area contributed by atoms with Crippen LogP contribution in [-0.4, -0.2) is 51.8 Å². The number of nitrogens with one attached hydrogen (secondary N) is 1. The first kappa shape index (κ1) is 18.6. The molecule has 2 fully saturated rings. The molecule has 1 N–H and O–H groups in total. The highest BCUT2D eigenvalue weighted by molar-refractivity contribution is 6.04. The van der Waals surface area contributed by atoms with Gasteiger partial charge in [-0.05, 0) is 44.0 Å². The minimum Gasteiger partial charge on any atom is -0.349 e. The van der Waals surface area contributed by atoms with E-state index in [2.05, 4.69) is 10.4 Å². The molecule has 1 aliphatic heterocycles. The Bertz CT molecular complexity index is 1150. The van der Waals surface area contributed by atoms with E-state index >= 15 is 0 Å². The number of amides is 3. The van der Waals surface area contributed by atoms with Crippen LogP contribution in [0.25, 0.3) is 16.6 Å². The minimum absolute atomic E-state index is 0.0510. The van der Waals surface area contributed by atoms with E-state index in [-0.39, 0.29) is 29.8 Å². The van der Waals surface area contributed by atoms with E-state index in [0.717, 1.165) is 18.2 Å². The number of anilines is 1. The molecule has 8 heteroatoms. The molecule has 3 amide bonds. The zero-order chi connectivity index (χ0) is 20.9. The minimum atomic E-state index is -0.369. The maximum Gasteiger partial charge on any atom is 0.325 e. The number of carbonyl (C=O) groups excluding carboxylic acids is 2. The second-order valence-corrected chi connectivity index (χ2v) is 8.18. The van der Waals surface area contributed by atoms with Crippen molar-refractivity contribution in [1.82, 2.24) is 20.0 Å². The molecular formula is C22H22FN5O2. The lowest BCUT2D eigenvalue weighted by Gasteiger charge is -2.20. The van der Waals surface area contributed by atoms with Gasteiger partial charge in [0.2, 0.25) is 5.91 Å². The number of aromatic nitrogens is 2. The van der Waals surface area contributed by atoms with E-state index in [0.29, 0.717) is 30.0 Å². The van der Waals surface area contributed by atoms with Crippen LogP contribution in [0.4, 0.5) is 14.9 Å². The molecule has 0 atom stereocenters. The fourth-order valence-corrected chi connectivity index (χ4v) is 3.90. The highest BCUT2D eigenvalue weighted by atomic mass is 19.1. The Morgan fingerprint density at radius 2 is 1.90 bits per heavy atom. The largest absolute Gasteiger partial charge is 0.349 e. The van der Waals surface area contributed by atoms with Crippen LogP contribution in [0.3, 0.4) is 0 Å². The van der Waals surface area contributed by atoms with Crippen molar-refractivity contribution < 1.29 is 14.0 Å². The number of rotatable bonds is 5. The molecule has 1 saturated heterocycles. The quantitative estimate of drug-likeness (QED) is 0.707. The van der Waals surface area contributed by atoms with Crippen molar-refractivity contribution in [2.75, 3.05) is 24.5 Å². The number of para-hydroxylation sites is 1. The number of carbonyl (C=O) groups is 2. The molecule has 30 heavy (non-hydrogen) atoms. The summed E-state index contributed by atoms with van der Waals surface area (Å²) in [5, 5.41) is 8.10. The maximum atomic E-state index is 14.3. The number of fused-ring (bicyclic) bond motifs is 1. The molecule has 7 nitrogen and oxygen atoms in total. The predicted molar refractivity (Wildman–Crippen MR) is 111 cm³/mol. The number of hydrogen-bond donors (Lipinski definition) is 1. The van der Waals surface area contributed by atoms with E-state index in [1.54, 1.807) is 34.2 Å². The molecule has 2 aliphatic rings. The number of benzene rings is 2. The molecule has 3 aromatic rings. The van der Waals surface area contributed by atoms with E-state index in [9.17, 15) is 14.0 Å². The molecule has 1 saturated carbocycles. The van der Waals surface area contributed by atoms with Crippen molar-refractivity contribution in [3.63, 3.8) is 0 Å². The van der Waals surface area contributed by atoms with Crippen molar-refractivity contribution >= 4 is 28.5 Å². The lowest BCUT2D eigenvalue weighted by atomic mass is 10.2. The van der Waals surface area contributed by atoms with Crippen molar-refractivity contribution in [2.45, 2.75) is 25.3 Å². The second kappa shape index (κ2) is 6.83. The Morgan fingerprint density at radius 1 is 1.13 bits per heavy atom. The first-order chi connectivity index (χ1) is 14.5. The van der Waals surface area contributed by atoms with Crippen LogP contribution in [0, 0.1) is 5.82 Å². The highest BCUT2D eigenvalue weighted by Crippen LogP contribution is 2.34. The number of urea groups is 1. The fourth-order valence-electron chi connectivity index (χ4n) is 3.90.